The van der Waals surface area contributed by atoms with Gasteiger partial charge >= 0.3 is 11.9 Å². The highest BCUT2D eigenvalue weighted by molar-refractivity contribution is 7.00. The van der Waals surface area contributed by atoms with Crippen LogP contribution in [0, 0.1) is 0 Å². The summed E-state index contributed by atoms with van der Waals surface area (Å²) in [5.41, 5.74) is 2.75. The molecule has 0 bridgehead atoms. The van der Waals surface area contributed by atoms with Crippen LogP contribution in [0.4, 0.5) is 5.69 Å². The van der Waals surface area contributed by atoms with Crippen molar-refractivity contribution in [3.63, 3.8) is 0 Å². The Morgan fingerprint density at radius 2 is 1.63 bits per heavy atom. The van der Waals surface area contributed by atoms with Gasteiger partial charge in [-0.25, -0.2) is 9.59 Å². The normalized spacial score (nSPS) is 11.9. The van der Waals surface area contributed by atoms with Crippen molar-refractivity contribution in [2.45, 2.75) is 6.42 Å². The molecule has 3 rings (SSSR count). The molecule has 1 heterocycles. The Balaban J connectivity index is 2.07. The molecule has 0 radical (unpaired) electrons. The predicted molar refractivity (Wildman–Crippen MR) is 104 cm³/mol. The van der Waals surface area contributed by atoms with Gasteiger partial charge in [0.15, 0.2) is 0 Å². The molecule has 3 aromatic rings. The molecule has 2 N–H and O–H groups in total. The molecule has 0 aliphatic heterocycles. The number of rotatable bonds is 6. The van der Waals surface area contributed by atoms with Crippen molar-refractivity contribution < 1.29 is 19.8 Å². The quantitative estimate of drug-likeness (QED) is 0.631. The molecule has 1 aromatic heterocycles. The number of carboxylic acids is 2. The zero-order chi connectivity index (χ0) is 19.6. The molecule has 7 nitrogen and oxygen atoms in total. The van der Waals surface area contributed by atoms with Crippen LogP contribution in [0.5, 0.6) is 0 Å². The standard InChI is InChI=1S/C19H17N3O4S/c1-22(2)13-6-3-11(4-7-13)9-14(18(23)24)17(19(25)26)12-5-8-15-16(10-12)21-27-20-15/h3-8,10H,9H2,1-2H3,(H,23,24)(H,25,26). The number of aliphatic carboxylic acids is 2. The van der Waals surface area contributed by atoms with Gasteiger partial charge in [0.1, 0.15) is 11.0 Å². The Hall–Kier alpha value is -3.26. The van der Waals surface area contributed by atoms with Crippen LogP contribution in [0.15, 0.2) is 48.0 Å². The maximum atomic E-state index is 11.9. The van der Waals surface area contributed by atoms with Crippen molar-refractivity contribution >= 4 is 46.0 Å². The Morgan fingerprint density at radius 1 is 0.963 bits per heavy atom. The number of benzene rings is 2. The summed E-state index contributed by atoms with van der Waals surface area (Å²) >= 11 is 1.02. The number of fused-ring (bicyclic) bond motifs is 1. The van der Waals surface area contributed by atoms with Gasteiger partial charge in [-0.2, -0.15) is 8.75 Å². The molecule has 0 saturated heterocycles. The van der Waals surface area contributed by atoms with Gasteiger partial charge in [-0.1, -0.05) is 18.2 Å². The summed E-state index contributed by atoms with van der Waals surface area (Å²) in [6.45, 7) is 0. The molecule has 0 atom stereocenters. The van der Waals surface area contributed by atoms with Gasteiger partial charge in [-0.15, -0.1) is 0 Å². The first-order valence-corrected chi connectivity index (χ1v) is 8.78. The van der Waals surface area contributed by atoms with Gasteiger partial charge in [-0.05, 0) is 35.4 Å². The Labute approximate surface area is 159 Å². The SMILES string of the molecule is CN(C)c1ccc(CC(C(=O)O)=C(C(=O)O)c2ccc3nsnc3c2)cc1. The molecule has 2 aromatic carbocycles. The fourth-order valence-electron chi connectivity index (χ4n) is 2.75. The Morgan fingerprint density at radius 3 is 2.22 bits per heavy atom. The van der Waals surface area contributed by atoms with E-state index in [1.807, 2.05) is 31.1 Å². The highest BCUT2D eigenvalue weighted by Crippen LogP contribution is 2.26. The molecule has 138 valence electrons. The van der Waals surface area contributed by atoms with Crippen molar-refractivity contribution in [2.75, 3.05) is 19.0 Å². The summed E-state index contributed by atoms with van der Waals surface area (Å²) in [5.74, 6) is -2.56. The second-order valence-electron chi connectivity index (χ2n) is 6.17. The van der Waals surface area contributed by atoms with Crippen LogP contribution in [0.2, 0.25) is 0 Å². The molecule has 0 unspecified atom stereocenters. The fourth-order valence-corrected chi connectivity index (χ4v) is 3.27. The minimum Gasteiger partial charge on any atom is -0.478 e. The number of carbonyl (C=O) groups is 2. The van der Waals surface area contributed by atoms with E-state index in [2.05, 4.69) is 8.75 Å². The minimum atomic E-state index is -1.29. The van der Waals surface area contributed by atoms with Gasteiger partial charge in [0, 0.05) is 26.2 Å². The first kappa shape index (κ1) is 18.5. The summed E-state index contributed by atoms with van der Waals surface area (Å²) in [6.07, 6.45) is -0.00196. The van der Waals surface area contributed by atoms with Crippen molar-refractivity contribution in [3.05, 3.63) is 59.2 Å². The van der Waals surface area contributed by atoms with Crippen LogP contribution >= 0.6 is 11.7 Å². The monoisotopic (exact) mass is 383 g/mol. The number of carboxylic acid groups (broad SMARTS) is 2. The average Bonchev–Trinajstić information content (AvgIpc) is 3.09. The molecular formula is C19H17N3O4S. The maximum Gasteiger partial charge on any atom is 0.336 e. The zero-order valence-corrected chi connectivity index (χ0v) is 15.5. The maximum absolute atomic E-state index is 11.9. The van der Waals surface area contributed by atoms with Gasteiger partial charge in [0.2, 0.25) is 0 Å². The molecule has 0 aliphatic carbocycles. The van der Waals surface area contributed by atoms with E-state index in [1.165, 1.54) is 0 Å². The van der Waals surface area contributed by atoms with Crippen molar-refractivity contribution in [3.8, 4) is 0 Å². The van der Waals surface area contributed by atoms with E-state index < -0.39 is 11.9 Å². The third-order valence-electron chi connectivity index (χ3n) is 4.15. The number of aromatic nitrogens is 2. The molecule has 0 spiro atoms. The lowest BCUT2D eigenvalue weighted by Crippen LogP contribution is -2.13. The van der Waals surface area contributed by atoms with Gasteiger partial charge in [0.05, 0.1) is 22.9 Å². The van der Waals surface area contributed by atoms with Crippen molar-refractivity contribution in [1.29, 1.82) is 0 Å². The van der Waals surface area contributed by atoms with Gasteiger partial charge in [0.25, 0.3) is 0 Å². The van der Waals surface area contributed by atoms with E-state index in [0.29, 0.717) is 22.2 Å². The summed E-state index contributed by atoms with van der Waals surface area (Å²) < 4.78 is 8.18. The van der Waals surface area contributed by atoms with Crippen LogP contribution in [0.3, 0.4) is 0 Å². The summed E-state index contributed by atoms with van der Waals surface area (Å²) in [7, 11) is 3.81. The second kappa shape index (κ2) is 7.55. The van der Waals surface area contributed by atoms with Crippen LogP contribution in [0.1, 0.15) is 11.1 Å². The van der Waals surface area contributed by atoms with E-state index in [4.69, 9.17) is 0 Å². The van der Waals surface area contributed by atoms with E-state index in [1.54, 1.807) is 30.3 Å². The smallest absolute Gasteiger partial charge is 0.336 e. The molecule has 27 heavy (non-hydrogen) atoms. The van der Waals surface area contributed by atoms with Gasteiger partial charge in [-0.3, -0.25) is 0 Å². The van der Waals surface area contributed by atoms with E-state index >= 15 is 0 Å². The van der Waals surface area contributed by atoms with E-state index in [-0.39, 0.29) is 17.6 Å². The highest BCUT2D eigenvalue weighted by atomic mass is 32.1. The molecule has 0 fully saturated rings. The number of hydrogen-bond donors (Lipinski definition) is 2. The largest absolute Gasteiger partial charge is 0.478 e. The Bertz CT molecular complexity index is 1040. The molecular weight excluding hydrogens is 366 g/mol. The van der Waals surface area contributed by atoms with Crippen LogP contribution in [-0.4, -0.2) is 45.0 Å². The van der Waals surface area contributed by atoms with Crippen LogP contribution in [-0.2, 0) is 16.0 Å². The number of hydrogen-bond acceptors (Lipinski definition) is 6. The molecule has 0 saturated carbocycles. The third-order valence-corrected chi connectivity index (χ3v) is 4.71. The highest BCUT2D eigenvalue weighted by Gasteiger charge is 2.23. The lowest BCUT2D eigenvalue weighted by Gasteiger charge is -2.13. The van der Waals surface area contributed by atoms with Crippen molar-refractivity contribution in [1.82, 2.24) is 8.75 Å². The lowest BCUT2D eigenvalue weighted by atomic mass is 9.94. The van der Waals surface area contributed by atoms with Crippen molar-refractivity contribution in [2.24, 2.45) is 0 Å². The number of anilines is 1. The third kappa shape index (κ3) is 3.95. The van der Waals surface area contributed by atoms with E-state index in [9.17, 15) is 19.8 Å². The predicted octanol–water partition coefficient (Wildman–Crippen LogP) is 2.92. The minimum absolute atomic E-state index is 0.00196. The average molecular weight is 383 g/mol. The Kier molecular flexibility index (Phi) is 5.18. The molecule has 0 amide bonds. The van der Waals surface area contributed by atoms with Crippen LogP contribution < -0.4 is 4.90 Å². The first-order valence-electron chi connectivity index (χ1n) is 8.05. The first-order chi connectivity index (χ1) is 12.9. The lowest BCUT2D eigenvalue weighted by molar-refractivity contribution is -0.134. The fraction of sp³-hybridized carbons (Fsp3) is 0.158. The summed E-state index contributed by atoms with van der Waals surface area (Å²) in [5, 5.41) is 19.4. The van der Waals surface area contributed by atoms with E-state index in [0.717, 1.165) is 17.4 Å². The zero-order valence-electron chi connectivity index (χ0n) is 14.7. The van der Waals surface area contributed by atoms with Crippen LogP contribution in [0.25, 0.3) is 16.6 Å². The molecule has 0 aliphatic rings. The topological polar surface area (TPSA) is 104 Å². The second-order valence-corrected chi connectivity index (χ2v) is 6.70. The van der Waals surface area contributed by atoms with Gasteiger partial charge < -0.3 is 15.1 Å². The molecule has 8 heteroatoms. The number of nitrogens with zero attached hydrogens (tertiary/aromatic N) is 3. The summed E-state index contributed by atoms with van der Waals surface area (Å²) in [6, 6.07) is 12.1. The summed E-state index contributed by atoms with van der Waals surface area (Å²) in [4.78, 5) is 25.7.